The Morgan fingerprint density at radius 1 is 1.40 bits per heavy atom. The summed E-state index contributed by atoms with van der Waals surface area (Å²) >= 11 is 0. The molecule has 0 aromatic carbocycles. The summed E-state index contributed by atoms with van der Waals surface area (Å²) in [6.07, 6.45) is -0.559. The van der Waals surface area contributed by atoms with Gasteiger partial charge in [0.1, 0.15) is 6.42 Å². The topological polar surface area (TPSA) is 63.6 Å². The first kappa shape index (κ1) is 17.1. The van der Waals surface area contributed by atoms with Gasteiger partial charge in [-0.2, -0.15) is 0 Å². The number of carboxylic acids is 1. The number of esters is 1. The maximum absolute atomic E-state index is 10.0. The van der Waals surface area contributed by atoms with Crippen LogP contribution in [-0.2, 0) is 14.3 Å². The summed E-state index contributed by atoms with van der Waals surface area (Å²) in [6, 6.07) is 0. The van der Waals surface area contributed by atoms with Gasteiger partial charge in [0, 0.05) is 0 Å². The molecule has 0 fully saturated rings. The zero-order chi connectivity index (χ0) is 6.57. The van der Waals surface area contributed by atoms with Crippen molar-refractivity contribution in [3.05, 3.63) is 0 Å². The van der Waals surface area contributed by atoms with Gasteiger partial charge in [-0.25, -0.2) is 0 Å². The van der Waals surface area contributed by atoms with Gasteiger partial charge in [0.05, 0.1) is 7.11 Å². The standard InChI is InChI=1S/C4H6O4.2Na.2H/c1-8-4(7)2-3(5)6;;;;/h2H2,1H3,(H,5,6);;;;. The number of ether oxygens (including phenoxy) is 1. The van der Waals surface area contributed by atoms with Crippen molar-refractivity contribution in [2.24, 2.45) is 0 Å². The van der Waals surface area contributed by atoms with Gasteiger partial charge in [-0.3, -0.25) is 9.59 Å². The van der Waals surface area contributed by atoms with E-state index in [1.165, 1.54) is 0 Å². The van der Waals surface area contributed by atoms with Gasteiger partial charge in [0.15, 0.2) is 0 Å². The maximum atomic E-state index is 10.0. The van der Waals surface area contributed by atoms with Crippen molar-refractivity contribution in [3.63, 3.8) is 0 Å². The molecular formula is C4H8Na2O4. The van der Waals surface area contributed by atoms with Crippen molar-refractivity contribution >= 4 is 71.1 Å². The molecule has 6 heteroatoms. The van der Waals surface area contributed by atoms with Gasteiger partial charge in [-0.05, 0) is 0 Å². The predicted molar refractivity (Wildman–Crippen MR) is 38.6 cm³/mol. The van der Waals surface area contributed by atoms with Crippen LogP contribution >= 0.6 is 0 Å². The Kier molecular flexibility index (Phi) is 17.0. The second-order valence-corrected chi connectivity index (χ2v) is 1.15. The third-order valence-corrected chi connectivity index (χ3v) is 0.523. The molecule has 0 saturated heterocycles. The summed E-state index contributed by atoms with van der Waals surface area (Å²) in [7, 11) is 1.14. The summed E-state index contributed by atoms with van der Waals surface area (Å²) in [5.41, 5.74) is 0. The molecule has 0 aliphatic carbocycles. The van der Waals surface area contributed by atoms with E-state index in [1.54, 1.807) is 0 Å². The molecule has 0 radical (unpaired) electrons. The number of carboxylic acid groups (broad SMARTS) is 1. The van der Waals surface area contributed by atoms with Crippen LogP contribution in [0.1, 0.15) is 6.42 Å². The minimum absolute atomic E-state index is 0. The molecule has 0 aliphatic rings. The van der Waals surface area contributed by atoms with Crippen LogP contribution in [0, 0.1) is 0 Å². The van der Waals surface area contributed by atoms with Crippen LogP contribution in [0.2, 0.25) is 0 Å². The quantitative estimate of drug-likeness (QED) is 0.303. The van der Waals surface area contributed by atoms with E-state index in [4.69, 9.17) is 5.11 Å². The second-order valence-electron chi connectivity index (χ2n) is 1.15. The monoisotopic (exact) mass is 166 g/mol. The summed E-state index contributed by atoms with van der Waals surface area (Å²) in [4.78, 5) is 19.7. The van der Waals surface area contributed by atoms with E-state index in [9.17, 15) is 9.59 Å². The summed E-state index contributed by atoms with van der Waals surface area (Å²) in [5.74, 6) is -1.89. The zero-order valence-corrected chi connectivity index (χ0v) is 4.38. The van der Waals surface area contributed by atoms with E-state index < -0.39 is 18.4 Å². The number of carbonyl (C=O) groups excluding carboxylic acids is 1. The first-order valence-corrected chi connectivity index (χ1v) is 1.95. The molecule has 0 spiro atoms. The molecule has 50 valence electrons. The van der Waals surface area contributed by atoms with E-state index in [-0.39, 0.29) is 59.1 Å². The molecule has 10 heavy (non-hydrogen) atoms. The van der Waals surface area contributed by atoms with E-state index in [0.717, 1.165) is 7.11 Å². The fraction of sp³-hybridized carbons (Fsp3) is 0.500. The summed E-state index contributed by atoms with van der Waals surface area (Å²) < 4.78 is 4.04. The number of aliphatic carboxylic acids is 1. The Hall–Kier alpha value is 0.940. The van der Waals surface area contributed by atoms with E-state index in [1.807, 2.05) is 0 Å². The number of methoxy groups -OCH3 is 1. The van der Waals surface area contributed by atoms with Gasteiger partial charge in [-0.15, -0.1) is 0 Å². The fourth-order valence-corrected chi connectivity index (χ4v) is 0.196. The number of hydrogen-bond donors (Lipinski definition) is 1. The Bertz CT molecular complexity index is 114. The Morgan fingerprint density at radius 2 is 1.80 bits per heavy atom. The van der Waals surface area contributed by atoms with Crippen molar-refractivity contribution in [1.29, 1.82) is 0 Å². The molecule has 0 amide bonds. The van der Waals surface area contributed by atoms with Gasteiger partial charge in [-0.1, -0.05) is 0 Å². The van der Waals surface area contributed by atoms with E-state index in [2.05, 4.69) is 4.74 Å². The Labute approximate surface area is 103 Å². The number of rotatable bonds is 2. The fourth-order valence-electron chi connectivity index (χ4n) is 0.196. The molecule has 0 aromatic heterocycles. The van der Waals surface area contributed by atoms with E-state index in [0.29, 0.717) is 0 Å². The SMILES string of the molecule is COC(=O)CC(=O)O.[NaH].[NaH]. The van der Waals surface area contributed by atoms with Crippen LogP contribution in [0.5, 0.6) is 0 Å². The molecule has 1 N–H and O–H groups in total. The predicted octanol–water partition coefficient (Wildman–Crippen LogP) is -1.66. The van der Waals surface area contributed by atoms with Crippen molar-refractivity contribution in [1.82, 2.24) is 0 Å². The average molecular weight is 166 g/mol. The normalized spacial score (nSPS) is 6.50. The Morgan fingerprint density at radius 3 is 1.90 bits per heavy atom. The van der Waals surface area contributed by atoms with Crippen LogP contribution in [0.4, 0.5) is 0 Å². The van der Waals surface area contributed by atoms with Gasteiger partial charge < -0.3 is 9.84 Å². The molecule has 0 rings (SSSR count). The van der Waals surface area contributed by atoms with Gasteiger partial charge in [0.25, 0.3) is 0 Å². The first-order chi connectivity index (χ1) is 3.66. The Balaban J connectivity index is -0.000000245. The molecule has 0 unspecified atom stereocenters. The summed E-state index contributed by atoms with van der Waals surface area (Å²) in [6.45, 7) is 0. The molecule has 0 heterocycles. The van der Waals surface area contributed by atoms with Crippen LogP contribution in [0.25, 0.3) is 0 Å². The molecule has 0 aromatic rings. The van der Waals surface area contributed by atoms with Crippen LogP contribution in [0.15, 0.2) is 0 Å². The summed E-state index contributed by atoms with van der Waals surface area (Å²) in [5, 5.41) is 7.91. The zero-order valence-electron chi connectivity index (χ0n) is 4.38. The second kappa shape index (κ2) is 9.94. The van der Waals surface area contributed by atoms with Gasteiger partial charge >= 0.3 is 71.1 Å². The third kappa shape index (κ3) is 11.7. The number of carbonyl (C=O) groups is 2. The average Bonchev–Trinajstić information content (AvgIpc) is 1.65. The van der Waals surface area contributed by atoms with Crippen molar-refractivity contribution in [2.75, 3.05) is 7.11 Å². The van der Waals surface area contributed by atoms with Crippen LogP contribution in [-0.4, -0.2) is 83.3 Å². The molecule has 4 nitrogen and oxygen atoms in total. The van der Waals surface area contributed by atoms with E-state index >= 15 is 0 Å². The third-order valence-electron chi connectivity index (χ3n) is 0.523. The van der Waals surface area contributed by atoms with Crippen LogP contribution < -0.4 is 0 Å². The molecule has 0 aliphatic heterocycles. The van der Waals surface area contributed by atoms with Gasteiger partial charge in [0.2, 0.25) is 0 Å². The van der Waals surface area contributed by atoms with Crippen LogP contribution in [0.3, 0.4) is 0 Å². The number of hydrogen-bond acceptors (Lipinski definition) is 3. The molecular weight excluding hydrogens is 158 g/mol. The molecule has 0 atom stereocenters. The van der Waals surface area contributed by atoms with Crippen molar-refractivity contribution in [3.8, 4) is 0 Å². The first-order valence-electron chi connectivity index (χ1n) is 1.95. The minimum atomic E-state index is -1.17. The van der Waals surface area contributed by atoms with Crippen molar-refractivity contribution < 1.29 is 19.4 Å². The van der Waals surface area contributed by atoms with Crippen molar-refractivity contribution in [2.45, 2.75) is 6.42 Å². The molecule has 0 saturated carbocycles. The molecule has 0 bridgehead atoms.